The van der Waals surface area contributed by atoms with Crippen molar-refractivity contribution in [3.8, 4) is 11.5 Å². The van der Waals surface area contributed by atoms with Crippen LogP contribution in [0.4, 0.5) is 5.69 Å². The molecule has 0 bridgehead atoms. The van der Waals surface area contributed by atoms with Gasteiger partial charge in [0.25, 0.3) is 11.8 Å². The summed E-state index contributed by atoms with van der Waals surface area (Å²) in [5.74, 6) is -0.321. The van der Waals surface area contributed by atoms with Gasteiger partial charge in [-0.2, -0.15) is 0 Å². The lowest BCUT2D eigenvalue weighted by atomic mass is 9.93. The number of methoxy groups -OCH3 is 2. The lowest BCUT2D eigenvalue weighted by molar-refractivity contribution is -0.144. The molecule has 0 aromatic heterocycles. The molecule has 2 aliphatic rings. The van der Waals surface area contributed by atoms with Crippen LogP contribution in [0.3, 0.4) is 0 Å². The van der Waals surface area contributed by atoms with Crippen molar-refractivity contribution in [3.05, 3.63) is 52.5 Å². The SMILES string of the molecule is COc1cccc([C@H]2O[C@H](CC(=O)N3CCC(CC(=O)N=S(C)(=O)O)CC3)C(=O)N(CC(C)(C)C)c3ccc(Cl)cc32)c1OC.[HH]. The highest BCUT2D eigenvalue weighted by atomic mass is 35.5. The summed E-state index contributed by atoms with van der Waals surface area (Å²) in [5, 5.41) is 0.469. The summed E-state index contributed by atoms with van der Waals surface area (Å²) < 4.78 is 42.0. The largest absolute Gasteiger partial charge is 0.493 e. The third kappa shape index (κ3) is 8.75. The Hall–Kier alpha value is -3.19. The fraction of sp³-hybridized carbons (Fsp3) is 0.531. The minimum atomic E-state index is -3.51. The van der Waals surface area contributed by atoms with Gasteiger partial charge in [-0.15, -0.1) is 4.36 Å². The van der Waals surface area contributed by atoms with Gasteiger partial charge in [-0.25, -0.2) is 4.21 Å². The lowest BCUT2D eigenvalue weighted by Crippen LogP contribution is -2.46. The van der Waals surface area contributed by atoms with Crippen LogP contribution in [0.15, 0.2) is 40.8 Å². The van der Waals surface area contributed by atoms with E-state index in [1.54, 1.807) is 41.2 Å². The second-order valence-electron chi connectivity index (χ2n) is 12.8. The van der Waals surface area contributed by atoms with Gasteiger partial charge in [0, 0.05) is 55.6 Å². The van der Waals surface area contributed by atoms with E-state index < -0.39 is 28.1 Å². The molecular weight excluding hydrogens is 622 g/mol. The van der Waals surface area contributed by atoms with Gasteiger partial charge < -0.3 is 28.6 Å². The molecule has 248 valence electrons. The second kappa shape index (κ2) is 14.1. The summed E-state index contributed by atoms with van der Waals surface area (Å²) in [5.41, 5.74) is 1.65. The number of likely N-dealkylation sites (tertiary alicyclic amines) is 1. The first-order valence-corrected chi connectivity index (χ1v) is 17.1. The molecule has 2 heterocycles. The highest BCUT2D eigenvalue weighted by molar-refractivity contribution is 7.87. The number of benzene rings is 2. The number of para-hydroxylation sites is 1. The van der Waals surface area contributed by atoms with Crippen molar-refractivity contribution in [2.45, 2.75) is 58.7 Å². The molecule has 2 aromatic rings. The Morgan fingerprint density at radius 3 is 2.40 bits per heavy atom. The van der Waals surface area contributed by atoms with E-state index in [9.17, 15) is 23.1 Å². The molecule has 0 spiro atoms. The number of carbonyl (C=O) groups excluding carboxylic acids is 3. The van der Waals surface area contributed by atoms with Crippen molar-refractivity contribution < 1.29 is 38.8 Å². The zero-order chi connectivity index (χ0) is 33.1. The molecule has 13 heteroatoms. The molecule has 3 atom stereocenters. The molecule has 1 saturated heterocycles. The van der Waals surface area contributed by atoms with Crippen molar-refractivity contribution in [1.82, 2.24) is 4.90 Å². The average Bonchev–Trinajstić information content (AvgIpc) is 3.05. The third-order valence-electron chi connectivity index (χ3n) is 7.81. The first-order valence-electron chi connectivity index (χ1n) is 14.8. The molecule has 0 saturated carbocycles. The molecule has 1 N–H and O–H groups in total. The van der Waals surface area contributed by atoms with Crippen LogP contribution in [-0.4, -0.2) is 77.6 Å². The Morgan fingerprint density at radius 2 is 1.80 bits per heavy atom. The number of hydrogen-bond donors (Lipinski definition) is 1. The van der Waals surface area contributed by atoms with Crippen LogP contribution in [-0.2, 0) is 29.1 Å². The molecule has 0 aliphatic carbocycles. The number of ether oxygens (including phenoxy) is 3. The van der Waals surface area contributed by atoms with Crippen molar-refractivity contribution in [2.24, 2.45) is 15.7 Å². The summed E-state index contributed by atoms with van der Waals surface area (Å²) in [6.45, 7) is 7.24. The highest BCUT2D eigenvalue weighted by Crippen LogP contribution is 2.45. The quantitative estimate of drug-likeness (QED) is 0.386. The molecule has 1 fully saturated rings. The summed E-state index contributed by atoms with van der Waals surface area (Å²) in [6.07, 6.45) is -0.00822. The Balaban J connectivity index is 0.00000576. The number of fused-ring (bicyclic) bond motifs is 1. The number of halogens is 1. The number of nitrogens with zero attached hydrogens (tertiary/aromatic N) is 3. The fourth-order valence-electron chi connectivity index (χ4n) is 5.85. The molecule has 0 radical (unpaired) electrons. The van der Waals surface area contributed by atoms with Gasteiger partial charge in [0.15, 0.2) is 21.5 Å². The van der Waals surface area contributed by atoms with Crippen LogP contribution in [0.5, 0.6) is 11.5 Å². The minimum absolute atomic E-state index is 0. The third-order valence-corrected chi connectivity index (χ3v) is 8.59. The number of carbonyl (C=O) groups is 3. The average molecular weight is 666 g/mol. The van der Waals surface area contributed by atoms with Crippen LogP contribution in [0, 0.1) is 11.3 Å². The van der Waals surface area contributed by atoms with Crippen molar-refractivity contribution in [3.63, 3.8) is 0 Å². The van der Waals surface area contributed by atoms with Gasteiger partial charge in [0.05, 0.1) is 20.6 Å². The summed E-state index contributed by atoms with van der Waals surface area (Å²) in [7, 11) is -0.433. The van der Waals surface area contributed by atoms with Crippen molar-refractivity contribution in [1.29, 1.82) is 0 Å². The molecule has 45 heavy (non-hydrogen) atoms. The van der Waals surface area contributed by atoms with E-state index in [2.05, 4.69) is 4.36 Å². The monoisotopic (exact) mass is 665 g/mol. The molecule has 3 amide bonds. The summed E-state index contributed by atoms with van der Waals surface area (Å²) >= 11 is 6.50. The number of hydrogen-bond acceptors (Lipinski definition) is 7. The molecule has 2 aromatic carbocycles. The fourth-order valence-corrected chi connectivity index (χ4v) is 6.48. The predicted molar refractivity (Wildman–Crippen MR) is 174 cm³/mol. The highest BCUT2D eigenvalue weighted by Gasteiger charge is 2.41. The standard InChI is InChI=1S/C32H42ClN3O8S.H2/c1-32(2,3)19-36-24-11-10-21(33)17-23(24)29(22-8-7-9-25(42-4)30(22)43-5)44-26(31(36)39)18-28(38)35-14-12-20(13-15-35)16-27(37)34-45(6,40)41;/h7-11,17,20,26,29H,12-16,18-19H2,1-6H3,(H,34,37,40,41);1H/t26-,29-;/m1./s1. The molecule has 11 nitrogen and oxygen atoms in total. The first kappa shape index (κ1) is 34.7. The van der Waals surface area contributed by atoms with Gasteiger partial charge in [0.2, 0.25) is 5.91 Å². The van der Waals surface area contributed by atoms with Gasteiger partial charge >= 0.3 is 0 Å². The Kier molecular flexibility index (Phi) is 10.8. The van der Waals surface area contributed by atoms with Crippen molar-refractivity contribution >= 4 is 45.0 Å². The van der Waals surface area contributed by atoms with E-state index in [1.807, 2.05) is 32.9 Å². The normalized spacial score (nSPS) is 20.6. The molecular formula is C32H44ClN3O8S. The van der Waals surface area contributed by atoms with Crippen molar-refractivity contribution in [2.75, 3.05) is 45.0 Å². The summed E-state index contributed by atoms with van der Waals surface area (Å²) in [4.78, 5) is 43.4. The molecule has 2 aliphatic heterocycles. The van der Waals surface area contributed by atoms with Gasteiger partial charge in [0.1, 0.15) is 12.2 Å². The Bertz CT molecular complexity index is 1560. The van der Waals surface area contributed by atoms with Crippen LogP contribution >= 0.6 is 11.6 Å². The van der Waals surface area contributed by atoms with E-state index >= 15 is 0 Å². The Morgan fingerprint density at radius 1 is 1.11 bits per heavy atom. The number of rotatable bonds is 8. The van der Waals surface area contributed by atoms with Gasteiger partial charge in [-0.1, -0.05) is 44.5 Å². The smallest absolute Gasteiger partial charge is 0.256 e. The van der Waals surface area contributed by atoms with Crippen LogP contribution < -0.4 is 14.4 Å². The van der Waals surface area contributed by atoms with Crippen LogP contribution in [0.1, 0.15) is 65.1 Å². The zero-order valence-corrected chi connectivity index (χ0v) is 28.2. The van der Waals surface area contributed by atoms with E-state index in [-0.39, 0.29) is 37.4 Å². The first-order chi connectivity index (χ1) is 21.1. The zero-order valence-electron chi connectivity index (χ0n) is 26.6. The predicted octanol–water partition coefficient (Wildman–Crippen LogP) is 5.59. The van der Waals surface area contributed by atoms with Crippen LogP contribution in [0.25, 0.3) is 0 Å². The molecule has 4 rings (SSSR count). The number of piperidine rings is 1. The lowest BCUT2D eigenvalue weighted by Gasteiger charge is -2.33. The Labute approximate surface area is 271 Å². The number of anilines is 1. The van der Waals surface area contributed by atoms with Gasteiger partial charge in [-0.05, 0) is 48.4 Å². The second-order valence-corrected chi connectivity index (χ2v) is 14.9. The summed E-state index contributed by atoms with van der Waals surface area (Å²) in [6, 6.07) is 10.7. The maximum atomic E-state index is 14.3. The van der Waals surface area contributed by atoms with Gasteiger partial charge in [-0.3, -0.25) is 14.4 Å². The minimum Gasteiger partial charge on any atom is -0.493 e. The number of amides is 3. The van der Waals surface area contributed by atoms with E-state index in [4.69, 9.17) is 25.8 Å². The topological polar surface area (TPSA) is 135 Å². The maximum absolute atomic E-state index is 14.3. The van der Waals surface area contributed by atoms with E-state index in [1.165, 1.54) is 7.11 Å². The maximum Gasteiger partial charge on any atom is 0.256 e. The van der Waals surface area contributed by atoms with E-state index in [0.717, 1.165) is 6.26 Å². The van der Waals surface area contributed by atoms with Crippen LogP contribution in [0.2, 0.25) is 5.02 Å². The molecule has 1 unspecified atom stereocenters. The van der Waals surface area contributed by atoms with E-state index in [0.29, 0.717) is 65.8 Å².